The average molecular weight is 291 g/mol. The Hall–Kier alpha value is -1.84. The first kappa shape index (κ1) is 17.2. The lowest BCUT2D eigenvalue weighted by Gasteiger charge is -2.27. The van der Waals surface area contributed by atoms with Crippen LogP contribution in [0.15, 0.2) is 30.3 Å². The van der Waals surface area contributed by atoms with Gasteiger partial charge >= 0.3 is 6.09 Å². The van der Waals surface area contributed by atoms with Crippen LogP contribution in [0, 0.1) is 11.3 Å². The maximum absolute atomic E-state index is 12.3. The third kappa shape index (κ3) is 5.58. The quantitative estimate of drug-likeness (QED) is 0.902. The van der Waals surface area contributed by atoms with Gasteiger partial charge < -0.3 is 10.1 Å². The minimum atomic E-state index is -0.560. The number of ether oxygens (including phenoxy) is 1. The standard InChI is InChI=1S/C17H25NO3/c1-12(2)14(15(19)17(3,4)5)18-16(20)21-11-13-9-7-6-8-10-13/h6-10,12,14H,11H2,1-5H3,(H,18,20). The lowest BCUT2D eigenvalue weighted by atomic mass is 9.82. The van der Waals surface area contributed by atoms with Gasteiger partial charge in [0, 0.05) is 5.41 Å². The van der Waals surface area contributed by atoms with Crippen LogP contribution < -0.4 is 5.32 Å². The summed E-state index contributed by atoms with van der Waals surface area (Å²) in [6.45, 7) is 9.56. The van der Waals surface area contributed by atoms with Gasteiger partial charge in [-0.15, -0.1) is 0 Å². The Morgan fingerprint density at radius 3 is 2.19 bits per heavy atom. The minimum absolute atomic E-state index is 0.00848. The first-order valence-corrected chi connectivity index (χ1v) is 7.23. The predicted octanol–water partition coefficient (Wildman–Crippen LogP) is 3.55. The lowest BCUT2D eigenvalue weighted by Crippen LogP contribution is -2.48. The first-order chi connectivity index (χ1) is 9.71. The van der Waals surface area contributed by atoms with Gasteiger partial charge in [0.15, 0.2) is 5.78 Å². The fourth-order valence-corrected chi connectivity index (χ4v) is 1.89. The highest BCUT2D eigenvalue weighted by atomic mass is 16.5. The van der Waals surface area contributed by atoms with E-state index < -0.39 is 17.6 Å². The second-order valence-electron chi connectivity index (χ2n) is 6.54. The molecule has 0 heterocycles. The highest BCUT2D eigenvalue weighted by Crippen LogP contribution is 2.20. The molecule has 4 heteroatoms. The van der Waals surface area contributed by atoms with E-state index in [-0.39, 0.29) is 18.3 Å². The topological polar surface area (TPSA) is 55.4 Å². The van der Waals surface area contributed by atoms with Crippen molar-refractivity contribution in [2.45, 2.75) is 47.3 Å². The van der Waals surface area contributed by atoms with E-state index in [1.165, 1.54) is 0 Å². The van der Waals surface area contributed by atoms with Crippen LogP contribution in [0.5, 0.6) is 0 Å². The third-order valence-electron chi connectivity index (χ3n) is 3.17. The molecule has 0 aliphatic rings. The second kappa shape index (κ2) is 7.25. The van der Waals surface area contributed by atoms with Crippen LogP contribution in [0.4, 0.5) is 4.79 Å². The molecular weight excluding hydrogens is 266 g/mol. The molecule has 1 unspecified atom stereocenters. The molecule has 1 rings (SSSR count). The number of carbonyl (C=O) groups is 2. The van der Waals surface area contributed by atoms with Crippen LogP contribution in [0.3, 0.4) is 0 Å². The molecule has 0 bridgehead atoms. The second-order valence-corrected chi connectivity index (χ2v) is 6.54. The molecule has 1 aromatic rings. The van der Waals surface area contributed by atoms with Crippen LogP contribution in [0.25, 0.3) is 0 Å². The zero-order valence-electron chi connectivity index (χ0n) is 13.5. The molecular formula is C17H25NO3. The normalized spacial score (nSPS) is 12.9. The number of hydrogen-bond donors (Lipinski definition) is 1. The molecule has 0 aliphatic carbocycles. The molecule has 0 saturated carbocycles. The molecule has 0 saturated heterocycles. The Balaban J connectivity index is 2.59. The molecule has 0 aromatic heterocycles. The number of hydrogen-bond acceptors (Lipinski definition) is 3. The van der Waals surface area contributed by atoms with E-state index in [1.807, 2.05) is 65.0 Å². The summed E-state index contributed by atoms with van der Waals surface area (Å²) in [5.41, 5.74) is 0.414. The number of alkyl carbamates (subject to hydrolysis) is 1. The van der Waals surface area contributed by atoms with E-state index in [1.54, 1.807) is 0 Å². The van der Waals surface area contributed by atoms with Crippen LogP contribution in [-0.2, 0) is 16.1 Å². The minimum Gasteiger partial charge on any atom is -0.445 e. The molecule has 1 atom stereocenters. The van der Waals surface area contributed by atoms with Crippen molar-refractivity contribution in [3.05, 3.63) is 35.9 Å². The summed E-state index contributed by atoms with van der Waals surface area (Å²) in [5, 5.41) is 2.68. The monoisotopic (exact) mass is 291 g/mol. The molecule has 116 valence electrons. The fraction of sp³-hybridized carbons (Fsp3) is 0.529. The summed E-state index contributed by atoms with van der Waals surface area (Å²) in [4.78, 5) is 24.2. The number of rotatable bonds is 5. The molecule has 1 aromatic carbocycles. The van der Waals surface area contributed by atoms with Crippen LogP contribution in [-0.4, -0.2) is 17.9 Å². The van der Waals surface area contributed by atoms with E-state index in [4.69, 9.17) is 4.74 Å². The van der Waals surface area contributed by atoms with Crippen molar-refractivity contribution in [1.29, 1.82) is 0 Å². The number of nitrogens with one attached hydrogen (secondary N) is 1. The molecule has 4 nitrogen and oxygen atoms in total. The Bertz CT molecular complexity index is 475. The highest BCUT2D eigenvalue weighted by Gasteiger charge is 2.33. The van der Waals surface area contributed by atoms with Crippen molar-refractivity contribution in [2.24, 2.45) is 11.3 Å². The Morgan fingerprint density at radius 2 is 1.71 bits per heavy atom. The maximum atomic E-state index is 12.3. The van der Waals surface area contributed by atoms with E-state index >= 15 is 0 Å². The van der Waals surface area contributed by atoms with Crippen molar-refractivity contribution < 1.29 is 14.3 Å². The van der Waals surface area contributed by atoms with Gasteiger partial charge in [-0.05, 0) is 11.5 Å². The van der Waals surface area contributed by atoms with Crippen LogP contribution >= 0.6 is 0 Å². The van der Waals surface area contributed by atoms with E-state index in [9.17, 15) is 9.59 Å². The molecule has 0 radical (unpaired) electrons. The molecule has 21 heavy (non-hydrogen) atoms. The summed E-state index contributed by atoms with van der Waals surface area (Å²) in [6.07, 6.45) is -0.560. The van der Waals surface area contributed by atoms with Crippen molar-refractivity contribution in [2.75, 3.05) is 0 Å². The number of ketones is 1. The maximum Gasteiger partial charge on any atom is 0.408 e. The smallest absolute Gasteiger partial charge is 0.408 e. The SMILES string of the molecule is CC(C)C(NC(=O)OCc1ccccc1)C(=O)C(C)(C)C. The van der Waals surface area contributed by atoms with Gasteiger partial charge in [-0.1, -0.05) is 65.0 Å². The molecule has 0 aliphatic heterocycles. The van der Waals surface area contributed by atoms with Crippen molar-refractivity contribution >= 4 is 11.9 Å². The van der Waals surface area contributed by atoms with Gasteiger partial charge in [-0.25, -0.2) is 4.79 Å². The van der Waals surface area contributed by atoms with Gasteiger partial charge in [0.25, 0.3) is 0 Å². The predicted molar refractivity (Wildman–Crippen MR) is 82.9 cm³/mol. The van der Waals surface area contributed by atoms with E-state index in [2.05, 4.69) is 5.32 Å². The molecule has 1 amide bonds. The molecule has 0 fully saturated rings. The number of benzene rings is 1. The largest absolute Gasteiger partial charge is 0.445 e. The van der Waals surface area contributed by atoms with Gasteiger partial charge in [0.1, 0.15) is 6.61 Å². The van der Waals surface area contributed by atoms with Gasteiger partial charge in [0.05, 0.1) is 6.04 Å². The van der Waals surface area contributed by atoms with E-state index in [0.29, 0.717) is 0 Å². The van der Waals surface area contributed by atoms with E-state index in [0.717, 1.165) is 5.56 Å². The van der Waals surface area contributed by atoms with Gasteiger partial charge in [-0.3, -0.25) is 4.79 Å². The summed E-state index contributed by atoms with van der Waals surface area (Å²) in [5.74, 6) is 0.0233. The Labute approximate surface area is 126 Å². The van der Waals surface area contributed by atoms with Crippen molar-refractivity contribution in [1.82, 2.24) is 5.32 Å². The van der Waals surface area contributed by atoms with Crippen LogP contribution in [0.2, 0.25) is 0 Å². The van der Waals surface area contributed by atoms with Crippen molar-refractivity contribution in [3.63, 3.8) is 0 Å². The molecule has 0 spiro atoms. The Morgan fingerprint density at radius 1 is 1.14 bits per heavy atom. The third-order valence-corrected chi connectivity index (χ3v) is 3.17. The highest BCUT2D eigenvalue weighted by molar-refractivity contribution is 5.91. The van der Waals surface area contributed by atoms with Crippen LogP contribution in [0.1, 0.15) is 40.2 Å². The zero-order valence-corrected chi connectivity index (χ0v) is 13.5. The van der Waals surface area contributed by atoms with Gasteiger partial charge in [-0.2, -0.15) is 0 Å². The number of amides is 1. The summed E-state index contributed by atoms with van der Waals surface area (Å²) < 4.78 is 5.17. The summed E-state index contributed by atoms with van der Waals surface area (Å²) in [6, 6.07) is 8.91. The first-order valence-electron chi connectivity index (χ1n) is 7.23. The summed E-state index contributed by atoms with van der Waals surface area (Å²) >= 11 is 0. The van der Waals surface area contributed by atoms with Crippen molar-refractivity contribution in [3.8, 4) is 0 Å². The number of carbonyl (C=O) groups excluding carboxylic acids is 2. The number of Topliss-reactive ketones (excluding diaryl/α,β-unsaturated/α-hetero) is 1. The fourth-order valence-electron chi connectivity index (χ4n) is 1.89. The average Bonchev–Trinajstić information content (AvgIpc) is 2.41. The Kier molecular flexibility index (Phi) is 5.94. The summed E-state index contributed by atoms with van der Waals surface area (Å²) in [7, 11) is 0. The molecule has 1 N–H and O–H groups in total. The zero-order chi connectivity index (χ0) is 16.0. The lowest BCUT2D eigenvalue weighted by molar-refractivity contribution is -0.129. The van der Waals surface area contributed by atoms with Gasteiger partial charge in [0.2, 0.25) is 0 Å².